The minimum Gasteiger partial charge on any atom is -0.508 e. The summed E-state index contributed by atoms with van der Waals surface area (Å²) in [6.07, 6.45) is 0. The smallest absolute Gasteiger partial charge is 0.339 e. The van der Waals surface area contributed by atoms with E-state index in [4.69, 9.17) is 4.18 Å². The lowest BCUT2D eigenvalue weighted by Gasteiger charge is -2.11. The molecule has 0 bridgehead atoms. The molecule has 29 heavy (non-hydrogen) atoms. The third-order valence-electron chi connectivity index (χ3n) is 4.06. The molecule has 0 fully saturated rings. The Bertz CT molecular complexity index is 1120. The van der Waals surface area contributed by atoms with Crippen LogP contribution in [0.15, 0.2) is 71.6 Å². The maximum absolute atomic E-state index is 12.5. The van der Waals surface area contributed by atoms with Gasteiger partial charge in [-0.05, 0) is 79.6 Å². The van der Waals surface area contributed by atoms with Crippen LogP contribution in [-0.2, 0) is 10.1 Å². The van der Waals surface area contributed by atoms with Crippen LogP contribution in [-0.4, -0.2) is 19.6 Å². The van der Waals surface area contributed by atoms with Gasteiger partial charge in [0.15, 0.2) is 0 Å². The van der Waals surface area contributed by atoms with Crippen LogP contribution in [0.5, 0.6) is 11.5 Å². The van der Waals surface area contributed by atoms with Crippen molar-refractivity contribution in [1.29, 1.82) is 0 Å². The van der Waals surface area contributed by atoms with Crippen molar-refractivity contribution in [3.8, 4) is 11.5 Å². The van der Waals surface area contributed by atoms with Crippen molar-refractivity contribution in [1.82, 2.24) is 0 Å². The summed E-state index contributed by atoms with van der Waals surface area (Å²) in [4.78, 5) is 12.1. The number of hydrogen-bond acceptors (Lipinski definition) is 5. The van der Waals surface area contributed by atoms with Gasteiger partial charge in [-0.1, -0.05) is 12.1 Å². The summed E-state index contributed by atoms with van der Waals surface area (Å²) in [5, 5.41) is 14.5. The number of phenols is 1. The molecular weight excluding hydrogens is 392 g/mol. The van der Waals surface area contributed by atoms with Crippen molar-refractivity contribution in [2.75, 3.05) is 10.6 Å². The molecule has 2 amide bonds. The number of amides is 2. The number of aryl methyl sites for hydroxylation is 2. The molecule has 0 saturated heterocycles. The first kappa shape index (κ1) is 20.2. The molecule has 7 nitrogen and oxygen atoms in total. The van der Waals surface area contributed by atoms with E-state index in [0.29, 0.717) is 16.9 Å². The van der Waals surface area contributed by atoms with Crippen LogP contribution >= 0.6 is 0 Å². The van der Waals surface area contributed by atoms with Crippen LogP contribution in [0.3, 0.4) is 0 Å². The average Bonchev–Trinajstić information content (AvgIpc) is 2.67. The molecule has 0 heterocycles. The lowest BCUT2D eigenvalue weighted by Crippen LogP contribution is -2.19. The zero-order valence-corrected chi connectivity index (χ0v) is 16.7. The minimum atomic E-state index is -3.97. The molecule has 0 aliphatic carbocycles. The van der Waals surface area contributed by atoms with Gasteiger partial charge in [0.05, 0.1) is 0 Å². The summed E-state index contributed by atoms with van der Waals surface area (Å²) in [6.45, 7) is 3.51. The number of benzene rings is 3. The highest BCUT2D eigenvalue weighted by Gasteiger charge is 2.19. The third-order valence-corrected chi connectivity index (χ3v) is 5.45. The first-order valence-electron chi connectivity index (χ1n) is 8.72. The zero-order valence-electron chi connectivity index (χ0n) is 15.8. The van der Waals surface area contributed by atoms with Gasteiger partial charge in [-0.15, -0.1) is 0 Å². The van der Waals surface area contributed by atoms with Gasteiger partial charge in [0.1, 0.15) is 16.4 Å². The number of carbonyl (C=O) groups is 1. The second-order valence-electron chi connectivity index (χ2n) is 6.46. The molecule has 3 rings (SSSR count). The quantitative estimate of drug-likeness (QED) is 0.425. The van der Waals surface area contributed by atoms with Gasteiger partial charge < -0.3 is 19.9 Å². The Morgan fingerprint density at radius 3 is 2.00 bits per heavy atom. The molecule has 0 atom stereocenters. The maximum atomic E-state index is 12.5. The first-order valence-corrected chi connectivity index (χ1v) is 10.1. The Hall–Kier alpha value is -3.52. The van der Waals surface area contributed by atoms with Crippen LogP contribution in [0.4, 0.5) is 16.2 Å². The molecule has 0 aliphatic rings. The van der Waals surface area contributed by atoms with Crippen LogP contribution in [0, 0.1) is 13.8 Å². The number of urea groups is 1. The Morgan fingerprint density at radius 2 is 1.41 bits per heavy atom. The van der Waals surface area contributed by atoms with Crippen LogP contribution in [0.2, 0.25) is 0 Å². The minimum absolute atomic E-state index is 0.0994. The van der Waals surface area contributed by atoms with E-state index in [0.717, 1.165) is 5.56 Å². The highest BCUT2D eigenvalue weighted by Crippen LogP contribution is 2.24. The van der Waals surface area contributed by atoms with Crippen molar-refractivity contribution < 1.29 is 22.5 Å². The maximum Gasteiger partial charge on any atom is 0.339 e. The molecule has 0 radical (unpaired) electrons. The molecule has 0 aromatic heterocycles. The Labute approximate surface area is 169 Å². The second-order valence-corrected chi connectivity index (χ2v) is 7.97. The van der Waals surface area contributed by atoms with Crippen LogP contribution < -0.4 is 14.8 Å². The topological polar surface area (TPSA) is 105 Å². The second kappa shape index (κ2) is 8.24. The lowest BCUT2D eigenvalue weighted by atomic mass is 10.2. The molecular formula is C21H20N2O5S. The molecule has 0 unspecified atom stereocenters. The normalized spacial score (nSPS) is 11.0. The largest absolute Gasteiger partial charge is 0.508 e. The van der Waals surface area contributed by atoms with Crippen molar-refractivity contribution >= 4 is 27.5 Å². The molecule has 3 N–H and O–H groups in total. The summed E-state index contributed by atoms with van der Waals surface area (Å²) in [6, 6.07) is 16.7. The molecule has 3 aromatic rings. The van der Waals surface area contributed by atoms with Gasteiger partial charge in [-0.3, -0.25) is 0 Å². The fourth-order valence-electron chi connectivity index (χ4n) is 2.58. The summed E-state index contributed by atoms with van der Waals surface area (Å²) < 4.78 is 30.3. The third kappa shape index (κ3) is 5.26. The summed E-state index contributed by atoms with van der Waals surface area (Å²) in [5.74, 6) is 0.234. The van der Waals surface area contributed by atoms with Crippen LogP contribution in [0.25, 0.3) is 0 Å². The van der Waals surface area contributed by atoms with Crippen molar-refractivity contribution in [3.05, 3.63) is 77.9 Å². The Morgan fingerprint density at radius 1 is 0.862 bits per heavy atom. The van der Waals surface area contributed by atoms with Gasteiger partial charge in [0, 0.05) is 11.4 Å². The number of anilines is 2. The summed E-state index contributed by atoms with van der Waals surface area (Å²) >= 11 is 0. The standard InChI is InChI=1S/C21H20N2O5S/c1-14-3-4-15(2)20(13-14)29(26,27)28-19-11-7-17(8-12-19)23-21(25)22-16-5-9-18(24)10-6-16/h3-13,24H,1-2H3,(H2,22,23,25). The van der Waals surface area contributed by atoms with E-state index in [9.17, 15) is 18.3 Å². The van der Waals surface area contributed by atoms with E-state index in [1.54, 1.807) is 31.2 Å². The van der Waals surface area contributed by atoms with Gasteiger partial charge in [0.2, 0.25) is 0 Å². The monoisotopic (exact) mass is 412 g/mol. The van der Waals surface area contributed by atoms with E-state index in [2.05, 4.69) is 10.6 Å². The van der Waals surface area contributed by atoms with E-state index >= 15 is 0 Å². The molecule has 0 aliphatic heterocycles. The number of phenolic OH excluding ortho intramolecular Hbond substituents is 1. The predicted octanol–water partition coefficient (Wildman–Crippen LogP) is 4.42. The fraction of sp³-hybridized carbons (Fsp3) is 0.0952. The SMILES string of the molecule is Cc1ccc(C)c(S(=O)(=O)Oc2ccc(NC(=O)Nc3ccc(O)cc3)cc2)c1. The fourth-order valence-corrected chi connectivity index (χ4v) is 3.83. The molecule has 3 aromatic carbocycles. The number of carbonyl (C=O) groups excluding carboxylic acids is 1. The summed E-state index contributed by atoms with van der Waals surface area (Å²) in [5.41, 5.74) is 2.38. The van der Waals surface area contributed by atoms with E-state index < -0.39 is 16.1 Å². The lowest BCUT2D eigenvalue weighted by molar-refractivity contribution is 0.262. The van der Waals surface area contributed by atoms with E-state index in [-0.39, 0.29) is 16.4 Å². The van der Waals surface area contributed by atoms with E-state index in [1.807, 2.05) is 13.0 Å². The number of rotatable bonds is 5. The van der Waals surface area contributed by atoms with E-state index in [1.165, 1.54) is 36.4 Å². The highest BCUT2D eigenvalue weighted by atomic mass is 32.2. The highest BCUT2D eigenvalue weighted by molar-refractivity contribution is 7.87. The molecule has 0 saturated carbocycles. The average molecular weight is 412 g/mol. The first-order chi connectivity index (χ1) is 13.7. The van der Waals surface area contributed by atoms with Crippen molar-refractivity contribution in [2.45, 2.75) is 18.7 Å². The number of nitrogens with one attached hydrogen (secondary N) is 2. The number of hydrogen-bond donors (Lipinski definition) is 3. The number of aromatic hydroxyl groups is 1. The van der Waals surface area contributed by atoms with Crippen LogP contribution in [0.1, 0.15) is 11.1 Å². The Balaban J connectivity index is 1.66. The van der Waals surface area contributed by atoms with Gasteiger partial charge in [0.25, 0.3) is 0 Å². The molecule has 150 valence electrons. The molecule has 0 spiro atoms. The Kier molecular flexibility index (Phi) is 5.74. The predicted molar refractivity (Wildman–Crippen MR) is 111 cm³/mol. The molecule has 8 heteroatoms. The van der Waals surface area contributed by atoms with Crippen molar-refractivity contribution in [2.24, 2.45) is 0 Å². The van der Waals surface area contributed by atoms with Crippen molar-refractivity contribution in [3.63, 3.8) is 0 Å². The van der Waals surface area contributed by atoms with Gasteiger partial charge >= 0.3 is 16.1 Å². The summed E-state index contributed by atoms with van der Waals surface area (Å²) in [7, 11) is -3.97. The van der Waals surface area contributed by atoms with Gasteiger partial charge in [-0.2, -0.15) is 8.42 Å². The van der Waals surface area contributed by atoms with Gasteiger partial charge in [-0.25, -0.2) is 4.79 Å². The zero-order chi connectivity index (χ0) is 21.0.